The fourth-order valence-corrected chi connectivity index (χ4v) is 1.71. The third-order valence-electron chi connectivity index (χ3n) is 2.53. The first kappa shape index (κ1) is 14.8. The van der Waals surface area contributed by atoms with Crippen LogP contribution in [0.2, 0.25) is 0 Å². The monoisotopic (exact) mass is 311 g/mol. The van der Waals surface area contributed by atoms with Gasteiger partial charge in [0.2, 0.25) is 5.82 Å². The zero-order valence-corrected chi connectivity index (χ0v) is 10.6. The van der Waals surface area contributed by atoms with E-state index in [1.165, 1.54) is 0 Å². The first-order chi connectivity index (χ1) is 9.47. The second kappa shape index (κ2) is 5.78. The number of alkyl halides is 1. The molecule has 108 valence electrons. The Morgan fingerprint density at radius 3 is 2.05 bits per heavy atom. The van der Waals surface area contributed by atoms with Crippen molar-refractivity contribution in [2.24, 2.45) is 0 Å². The van der Waals surface area contributed by atoms with Crippen molar-refractivity contribution in [2.45, 2.75) is 12.8 Å². The van der Waals surface area contributed by atoms with Crippen LogP contribution in [0, 0.1) is 29.1 Å². The van der Waals surface area contributed by atoms with E-state index >= 15 is 0 Å². The fraction of sp³-hybridized carbons (Fsp3) is 0.250. The Balaban J connectivity index is 2.50. The number of hydrogen-bond donors (Lipinski definition) is 0. The molecular formula is C12H7ClF5NO. The molecule has 0 saturated carbocycles. The van der Waals surface area contributed by atoms with E-state index in [0.29, 0.717) is 18.7 Å². The van der Waals surface area contributed by atoms with E-state index in [0.717, 1.165) is 6.20 Å². The number of hydrogen-bond acceptors (Lipinski definition) is 2. The molecule has 2 nitrogen and oxygen atoms in total. The van der Waals surface area contributed by atoms with E-state index in [1.54, 1.807) is 0 Å². The van der Waals surface area contributed by atoms with Crippen LogP contribution in [0.3, 0.4) is 0 Å². The van der Waals surface area contributed by atoms with Crippen molar-refractivity contribution in [2.75, 3.05) is 5.88 Å². The van der Waals surface area contributed by atoms with Crippen molar-refractivity contribution in [1.29, 1.82) is 0 Å². The number of benzene rings is 1. The molecule has 0 saturated heterocycles. The summed E-state index contributed by atoms with van der Waals surface area (Å²) in [6, 6.07) is 0. The number of halogens is 6. The fourth-order valence-electron chi connectivity index (χ4n) is 1.58. The average molecular weight is 312 g/mol. The number of aryl methyl sites for hydroxylation is 1. The zero-order chi connectivity index (χ0) is 14.9. The second-order valence-electron chi connectivity index (χ2n) is 3.86. The number of nitrogens with zero attached hydrogens (tertiary/aromatic N) is 1. The lowest BCUT2D eigenvalue weighted by Crippen LogP contribution is -2.03. The van der Waals surface area contributed by atoms with Crippen LogP contribution in [0.1, 0.15) is 12.3 Å². The van der Waals surface area contributed by atoms with Crippen LogP contribution in [-0.2, 0) is 6.42 Å². The number of aromatic nitrogens is 1. The van der Waals surface area contributed by atoms with Crippen LogP contribution in [0.25, 0.3) is 11.3 Å². The molecule has 1 aromatic carbocycles. The summed E-state index contributed by atoms with van der Waals surface area (Å²) in [5.41, 5.74) is -1.13. The van der Waals surface area contributed by atoms with E-state index < -0.39 is 40.4 Å². The van der Waals surface area contributed by atoms with E-state index in [1.807, 2.05) is 0 Å². The molecule has 20 heavy (non-hydrogen) atoms. The maximum atomic E-state index is 13.5. The van der Waals surface area contributed by atoms with Gasteiger partial charge < -0.3 is 4.42 Å². The smallest absolute Gasteiger partial charge is 0.200 e. The molecule has 0 aliphatic rings. The van der Waals surface area contributed by atoms with Gasteiger partial charge in [0.25, 0.3) is 0 Å². The Morgan fingerprint density at radius 1 is 0.950 bits per heavy atom. The summed E-state index contributed by atoms with van der Waals surface area (Å²) in [6.45, 7) is 0. The lowest BCUT2D eigenvalue weighted by Gasteiger charge is -2.05. The third kappa shape index (κ3) is 2.49. The summed E-state index contributed by atoms with van der Waals surface area (Å²) in [5.74, 6) is -10.3. The highest BCUT2D eigenvalue weighted by Gasteiger charge is 2.28. The van der Waals surface area contributed by atoms with Gasteiger partial charge in [-0.05, 0) is 6.42 Å². The van der Waals surface area contributed by atoms with E-state index in [4.69, 9.17) is 16.0 Å². The molecule has 0 N–H and O–H groups in total. The zero-order valence-electron chi connectivity index (χ0n) is 9.82. The largest absolute Gasteiger partial charge is 0.441 e. The summed E-state index contributed by atoms with van der Waals surface area (Å²) in [5, 5.41) is 0. The second-order valence-corrected chi connectivity index (χ2v) is 4.23. The van der Waals surface area contributed by atoms with Gasteiger partial charge in [0.1, 0.15) is 0 Å². The highest BCUT2D eigenvalue weighted by molar-refractivity contribution is 6.17. The van der Waals surface area contributed by atoms with Crippen LogP contribution in [0.4, 0.5) is 22.0 Å². The van der Waals surface area contributed by atoms with Gasteiger partial charge in [0, 0.05) is 12.3 Å². The average Bonchev–Trinajstić information content (AvgIpc) is 2.89. The predicted octanol–water partition coefficient (Wildman–Crippen LogP) is 4.21. The Kier molecular flexibility index (Phi) is 4.27. The van der Waals surface area contributed by atoms with Gasteiger partial charge in [-0.3, -0.25) is 0 Å². The lowest BCUT2D eigenvalue weighted by atomic mass is 10.1. The first-order valence-electron chi connectivity index (χ1n) is 5.49. The van der Waals surface area contributed by atoms with Crippen molar-refractivity contribution in [3.05, 3.63) is 41.2 Å². The highest BCUT2D eigenvalue weighted by atomic mass is 35.5. The van der Waals surface area contributed by atoms with Crippen molar-refractivity contribution >= 4 is 11.6 Å². The van der Waals surface area contributed by atoms with Crippen LogP contribution in [-0.4, -0.2) is 10.9 Å². The number of rotatable bonds is 4. The Hall–Kier alpha value is -1.63. The molecule has 1 heterocycles. The summed E-state index contributed by atoms with van der Waals surface area (Å²) < 4.78 is 71.0. The maximum Gasteiger partial charge on any atom is 0.200 e. The molecule has 1 aromatic heterocycles. The van der Waals surface area contributed by atoms with Gasteiger partial charge >= 0.3 is 0 Å². The summed E-state index contributed by atoms with van der Waals surface area (Å²) in [6.07, 6.45) is 1.69. The lowest BCUT2D eigenvalue weighted by molar-refractivity contribution is 0.378. The minimum absolute atomic E-state index is 0.101. The Labute approximate surface area is 115 Å². The maximum absolute atomic E-state index is 13.5. The predicted molar refractivity (Wildman–Crippen MR) is 60.8 cm³/mol. The van der Waals surface area contributed by atoms with Gasteiger partial charge in [-0.15, -0.1) is 11.6 Å². The molecule has 0 atom stereocenters. The molecule has 0 amide bonds. The molecule has 0 fully saturated rings. The van der Waals surface area contributed by atoms with Gasteiger partial charge in [0.05, 0.1) is 11.8 Å². The Morgan fingerprint density at radius 2 is 1.50 bits per heavy atom. The van der Waals surface area contributed by atoms with Crippen molar-refractivity contribution in [3.63, 3.8) is 0 Å². The molecule has 0 aliphatic heterocycles. The highest BCUT2D eigenvalue weighted by Crippen LogP contribution is 2.31. The van der Waals surface area contributed by atoms with Crippen molar-refractivity contribution in [3.8, 4) is 11.3 Å². The van der Waals surface area contributed by atoms with Gasteiger partial charge in [-0.1, -0.05) is 0 Å². The first-order valence-corrected chi connectivity index (χ1v) is 6.03. The molecule has 0 bridgehead atoms. The summed E-state index contributed by atoms with van der Waals surface area (Å²) in [4.78, 5) is 3.70. The third-order valence-corrected chi connectivity index (χ3v) is 2.80. The summed E-state index contributed by atoms with van der Waals surface area (Å²) >= 11 is 5.45. The van der Waals surface area contributed by atoms with E-state index in [-0.39, 0.29) is 5.89 Å². The van der Waals surface area contributed by atoms with Gasteiger partial charge in [0.15, 0.2) is 34.9 Å². The molecule has 2 aromatic rings. The summed E-state index contributed by atoms with van der Waals surface area (Å²) in [7, 11) is 0. The SMILES string of the molecule is Fc1c(F)c(F)c(-c2cnc(CCCCl)o2)c(F)c1F. The molecule has 8 heteroatoms. The van der Waals surface area contributed by atoms with Gasteiger partial charge in [-0.2, -0.15) is 0 Å². The number of oxazole rings is 1. The molecule has 0 unspecified atom stereocenters. The van der Waals surface area contributed by atoms with Crippen LogP contribution in [0.5, 0.6) is 0 Å². The topological polar surface area (TPSA) is 26.0 Å². The molecule has 2 rings (SSSR count). The standard InChI is InChI=1S/C12H7ClF5NO/c13-3-1-2-6-19-4-5(20-6)7-8(14)10(16)12(18)11(17)9(7)15/h4H,1-3H2. The van der Waals surface area contributed by atoms with Crippen molar-refractivity contribution in [1.82, 2.24) is 4.98 Å². The Bertz CT molecular complexity index is 614. The van der Waals surface area contributed by atoms with Crippen LogP contribution in [0.15, 0.2) is 10.6 Å². The quantitative estimate of drug-likeness (QED) is 0.366. The normalized spacial score (nSPS) is 11.1. The van der Waals surface area contributed by atoms with Gasteiger partial charge in [-0.25, -0.2) is 26.9 Å². The molecule has 0 aliphatic carbocycles. The molecular weight excluding hydrogens is 305 g/mol. The minimum atomic E-state index is -2.22. The molecule has 0 spiro atoms. The molecule has 0 radical (unpaired) electrons. The minimum Gasteiger partial charge on any atom is -0.441 e. The van der Waals surface area contributed by atoms with E-state index in [9.17, 15) is 22.0 Å². The van der Waals surface area contributed by atoms with Crippen LogP contribution >= 0.6 is 11.6 Å². The van der Waals surface area contributed by atoms with E-state index in [2.05, 4.69) is 4.98 Å². The van der Waals surface area contributed by atoms with Crippen molar-refractivity contribution < 1.29 is 26.4 Å². The van der Waals surface area contributed by atoms with Crippen LogP contribution < -0.4 is 0 Å².